The number of pyridine rings is 1. The largest absolute Gasteiger partial charge is 0.459 e. The quantitative estimate of drug-likeness (QED) is 0.839. The highest BCUT2D eigenvalue weighted by Gasteiger charge is 2.33. The van der Waals surface area contributed by atoms with Crippen LogP contribution in [0.15, 0.2) is 47.2 Å². The molecule has 0 spiro atoms. The van der Waals surface area contributed by atoms with Gasteiger partial charge in [-0.1, -0.05) is 6.07 Å². The van der Waals surface area contributed by atoms with Gasteiger partial charge in [-0.3, -0.25) is 19.5 Å². The van der Waals surface area contributed by atoms with Crippen LogP contribution >= 0.6 is 0 Å². The zero-order valence-corrected chi connectivity index (χ0v) is 16.6. The molecule has 0 bridgehead atoms. The third-order valence-electron chi connectivity index (χ3n) is 5.99. The second kappa shape index (κ2) is 9.22. The zero-order valence-electron chi connectivity index (χ0n) is 16.6. The fraction of sp³-hybridized carbons (Fsp3) is 0.500. The van der Waals surface area contributed by atoms with Crippen molar-refractivity contribution >= 4 is 11.8 Å². The number of furan rings is 1. The van der Waals surface area contributed by atoms with Crippen molar-refractivity contribution in [2.75, 3.05) is 26.2 Å². The number of piperidine rings is 2. The molecular formula is C22H28N4O3. The van der Waals surface area contributed by atoms with Crippen LogP contribution in [0.5, 0.6) is 0 Å². The standard InChI is InChI=1S/C22H28N4O3/c27-21(24-15-18-6-1-2-10-23-18)17-5-3-11-26(16-17)19-8-12-25(13-9-19)22(28)20-7-4-14-29-20/h1-2,4,6-7,10,14,17,19H,3,5,8-9,11-13,15-16H2,(H,24,27). The van der Waals surface area contributed by atoms with Gasteiger partial charge in [0.2, 0.25) is 5.91 Å². The van der Waals surface area contributed by atoms with E-state index < -0.39 is 0 Å². The summed E-state index contributed by atoms with van der Waals surface area (Å²) in [6, 6.07) is 9.62. The molecule has 0 saturated carbocycles. The summed E-state index contributed by atoms with van der Waals surface area (Å²) in [6.07, 6.45) is 7.12. The van der Waals surface area contributed by atoms with Gasteiger partial charge < -0.3 is 14.6 Å². The van der Waals surface area contributed by atoms with Crippen molar-refractivity contribution in [2.45, 2.75) is 38.3 Å². The number of nitrogens with one attached hydrogen (secondary N) is 1. The zero-order chi connectivity index (χ0) is 20.1. The SMILES string of the molecule is O=C(NCc1ccccn1)C1CCCN(C2CCN(C(=O)c3ccco3)CC2)C1. The lowest BCUT2D eigenvalue weighted by Gasteiger charge is -2.41. The molecule has 2 aromatic rings. The molecule has 0 radical (unpaired) electrons. The van der Waals surface area contributed by atoms with E-state index in [4.69, 9.17) is 4.42 Å². The number of hydrogen-bond acceptors (Lipinski definition) is 5. The van der Waals surface area contributed by atoms with Crippen LogP contribution in [0.4, 0.5) is 0 Å². The number of hydrogen-bond donors (Lipinski definition) is 1. The monoisotopic (exact) mass is 396 g/mol. The van der Waals surface area contributed by atoms with Gasteiger partial charge in [-0.15, -0.1) is 0 Å². The number of aromatic nitrogens is 1. The lowest BCUT2D eigenvalue weighted by Crippen LogP contribution is -2.51. The molecule has 2 saturated heterocycles. The van der Waals surface area contributed by atoms with Crippen LogP contribution in [0.2, 0.25) is 0 Å². The average Bonchev–Trinajstić information content (AvgIpc) is 3.33. The maximum atomic E-state index is 12.6. The number of amides is 2. The Hall–Kier alpha value is -2.67. The Morgan fingerprint density at radius 1 is 1.10 bits per heavy atom. The lowest BCUT2D eigenvalue weighted by molar-refractivity contribution is -0.127. The average molecular weight is 396 g/mol. The Labute approximate surface area is 171 Å². The topological polar surface area (TPSA) is 78.7 Å². The van der Waals surface area contributed by atoms with E-state index >= 15 is 0 Å². The molecular weight excluding hydrogens is 368 g/mol. The molecule has 2 aliphatic heterocycles. The van der Waals surface area contributed by atoms with Crippen molar-refractivity contribution in [3.05, 3.63) is 54.2 Å². The molecule has 2 fully saturated rings. The first-order chi connectivity index (χ1) is 14.2. The van der Waals surface area contributed by atoms with Gasteiger partial charge in [0.05, 0.1) is 24.4 Å². The van der Waals surface area contributed by atoms with Crippen LogP contribution < -0.4 is 5.32 Å². The minimum Gasteiger partial charge on any atom is -0.459 e. The maximum absolute atomic E-state index is 12.6. The first-order valence-corrected chi connectivity index (χ1v) is 10.4. The van der Waals surface area contributed by atoms with Crippen molar-refractivity contribution in [1.82, 2.24) is 20.1 Å². The molecule has 4 rings (SSSR count). The van der Waals surface area contributed by atoms with Gasteiger partial charge in [-0.2, -0.15) is 0 Å². The summed E-state index contributed by atoms with van der Waals surface area (Å²) in [6.45, 7) is 3.77. The summed E-state index contributed by atoms with van der Waals surface area (Å²) in [5.74, 6) is 0.519. The maximum Gasteiger partial charge on any atom is 0.289 e. The molecule has 2 aliphatic rings. The number of carbonyl (C=O) groups excluding carboxylic acids is 2. The molecule has 0 aliphatic carbocycles. The predicted molar refractivity (Wildman–Crippen MR) is 108 cm³/mol. The van der Waals surface area contributed by atoms with Gasteiger partial charge >= 0.3 is 0 Å². The summed E-state index contributed by atoms with van der Waals surface area (Å²) in [7, 11) is 0. The highest BCUT2D eigenvalue weighted by atomic mass is 16.3. The Balaban J connectivity index is 1.25. The molecule has 7 heteroatoms. The summed E-state index contributed by atoms with van der Waals surface area (Å²) in [4.78, 5) is 33.7. The van der Waals surface area contributed by atoms with Crippen LogP contribution in [0.1, 0.15) is 41.9 Å². The van der Waals surface area contributed by atoms with E-state index in [0.29, 0.717) is 18.3 Å². The highest BCUT2D eigenvalue weighted by Crippen LogP contribution is 2.25. The van der Waals surface area contributed by atoms with E-state index in [-0.39, 0.29) is 17.7 Å². The number of rotatable bonds is 5. The fourth-order valence-corrected chi connectivity index (χ4v) is 4.37. The first kappa shape index (κ1) is 19.6. The third-order valence-corrected chi connectivity index (χ3v) is 5.99. The molecule has 7 nitrogen and oxygen atoms in total. The van der Waals surface area contributed by atoms with E-state index in [1.807, 2.05) is 23.1 Å². The van der Waals surface area contributed by atoms with E-state index in [1.165, 1.54) is 6.26 Å². The minimum absolute atomic E-state index is 0.0234. The van der Waals surface area contributed by atoms with Gasteiger partial charge in [-0.05, 0) is 56.5 Å². The van der Waals surface area contributed by atoms with Gasteiger partial charge in [0.25, 0.3) is 5.91 Å². The molecule has 2 aromatic heterocycles. The Bertz CT molecular complexity index is 801. The second-order valence-electron chi connectivity index (χ2n) is 7.87. The van der Waals surface area contributed by atoms with E-state index in [2.05, 4.69) is 15.2 Å². The summed E-state index contributed by atoms with van der Waals surface area (Å²) >= 11 is 0. The van der Waals surface area contributed by atoms with E-state index in [0.717, 1.165) is 57.6 Å². The molecule has 29 heavy (non-hydrogen) atoms. The Morgan fingerprint density at radius 3 is 2.69 bits per heavy atom. The normalized spacial score (nSPS) is 21.1. The van der Waals surface area contributed by atoms with Gasteiger partial charge in [0.1, 0.15) is 0 Å². The fourth-order valence-electron chi connectivity index (χ4n) is 4.37. The number of likely N-dealkylation sites (tertiary alicyclic amines) is 2. The Kier molecular flexibility index (Phi) is 6.24. The number of carbonyl (C=O) groups is 2. The van der Waals surface area contributed by atoms with Crippen LogP contribution in [0.3, 0.4) is 0 Å². The molecule has 1 atom stereocenters. The van der Waals surface area contributed by atoms with Crippen molar-refractivity contribution in [1.29, 1.82) is 0 Å². The van der Waals surface area contributed by atoms with Gasteiger partial charge in [-0.25, -0.2) is 0 Å². The van der Waals surface area contributed by atoms with E-state index in [9.17, 15) is 9.59 Å². The first-order valence-electron chi connectivity index (χ1n) is 10.4. The van der Waals surface area contributed by atoms with E-state index in [1.54, 1.807) is 18.3 Å². The van der Waals surface area contributed by atoms with Crippen LogP contribution in [-0.2, 0) is 11.3 Å². The molecule has 4 heterocycles. The molecule has 2 amide bonds. The van der Waals surface area contributed by atoms with Crippen molar-refractivity contribution < 1.29 is 14.0 Å². The Morgan fingerprint density at radius 2 is 1.97 bits per heavy atom. The highest BCUT2D eigenvalue weighted by molar-refractivity contribution is 5.91. The summed E-state index contributed by atoms with van der Waals surface area (Å²) in [5.41, 5.74) is 0.877. The second-order valence-corrected chi connectivity index (χ2v) is 7.87. The molecule has 0 aromatic carbocycles. The van der Waals surface area contributed by atoms with Crippen LogP contribution in [0.25, 0.3) is 0 Å². The molecule has 1 unspecified atom stereocenters. The van der Waals surface area contributed by atoms with Gasteiger partial charge in [0.15, 0.2) is 5.76 Å². The van der Waals surface area contributed by atoms with Gasteiger partial charge in [0, 0.05) is 31.9 Å². The smallest absolute Gasteiger partial charge is 0.289 e. The minimum atomic E-state index is -0.0288. The molecule has 154 valence electrons. The summed E-state index contributed by atoms with van der Waals surface area (Å²) in [5, 5.41) is 3.04. The molecule has 1 N–H and O–H groups in total. The van der Waals surface area contributed by atoms with Crippen LogP contribution in [-0.4, -0.2) is 58.8 Å². The van der Waals surface area contributed by atoms with Crippen molar-refractivity contribution in [3.63, 3.8) is 0 Å². The predicted octanol–water partition coefficient (Wildman–Crippen LogP) is 2.31. The van der Waals surface area contributed by atoms with Crippen molar-refractivity contribution in [2.24, 2.45) is 5.92 Å². The van der Waals surface area contributed by atoms with Crippen molar-refractivity contribution in [3.8, 4) is 0 Å². The lowest BCUT2D eigenvalue weighted by atomic mass is 9.93. The van der Waals surface area contributed by atoms with Crippen LogP contribution in [0, 0.1) is 5.92 Å². The summed E-state index contributed by atoms with van der Waals surface area (Å²) < 4.78 is 5.24. The third kappa shape index (κ3) is 4.85. The number of nitrogens with zero attached hydrogens (tertiary/aromatic N) is 3.